The number of rotatable bonds is 9. The van der Waals surface area contributed by atoms with Crippen molar-refractivity contribution in [3.63, 3.8) is 0 Å². The van der Waals surface area contributed by atoms with Gasteiger partial charge >= 0.3 is 0 Å². The first-order valence-electron chi connectivity index (χ1n) is 9.65. The number of hydrogen-bond acceptors (Lipinski definition) is 6. The first kappa shape index (κ1) is 21.6. The van der Waals surface area contributed by atoms with E-state index >= 15 is 0 Å². The fourth-order valence-electron chi connectivity index (χ4n) is 3.30. The monoisotopic (exact) mass is 461 g/mol. The third kappa shape index (κ3) is 5.02. The van der Waals surface area contributed by atoms with Crippen LogP contribution >= 0.6 is 23.2 Å². The van der Waals surface area contributed by atoms with Gasteiger partial charge in [0.15, 0.2) is 11.5 Å². The molecular formula is C22H21Cl2N3O4. The molecule has 9 heteroatoms. The molecule has 0 unspecified atom stereocenters. The Labute approximate surface area is 190 Å². The van der Waals surface area contributed by atoms with Crippen LogP contribution in [0.25, 0.3) is 0 Å². The van der Waals surface area contributed by atoms with Gasteiger partial charge in [0.1, 0.15) is 38.5 Å². The normalized spacial score (nSPS) is 20.5. The Morgan fingerprint density at radius 1 is 1.19 bits per heavy atom. The molecule has 0 saturated carbocycles. The van der Waals surface area contributed by atoms with Gasteiger partial charge in [-0.2, -0.15) is 5.10 Å². The Bertz CT molecular complexity index is 1030. The second-order valence-electron chi connectivity index (χ2n) is 6.88. The number of nitrogens with zero attached hydrogens (tertiary/aromatic N) is 3. The zero-order valence-electron chi connectivity index (χ0n) is 16.6. The standard InChI is InChI=1S/C22H21Cl2N3O4/c1-2-9-28-20-5-3-4-6-21(20)29-11-17-12-30-22(31-17,13-27-15-25-14-26-27)18-8-7-16(23)10-19(18)24/h2-8,10,14-15,17H,1,9,11-13H2/t17-,22+/m0/s1. The van der Waals surface area contributed by atoms with Crippen molar-refractivity contribution in [1.82, 2.24) is 14.8 Å². The van der Waals surface area contributed by atoms with Crippen LogP contribution in [0.1, 0.15) is 5.56 Å². The van der Waals surface area contributed by atoms with Crippen LogP contribution in [0.2, 0.25) is 10.0 Å². The number of aromatic nitrogens is 3. The van der Waals surface area contributed by atoms with E-state index in [-0.39, 0.29) is 19.3 Å². The summed E-state index contributed by atoms with van der Waals surface area (Å²) in [4.78, 5) is 4.00. The van der Waals surface area contributed by atoms with Crippen LogP contribution < -0.4 is 9.47 Å². The quantitative estimate of drug-likeness (QED) is 0.437. The van der Waals surface area contributed by atoms with Crippen LogP contribution in [0, 0.1) is 0 Å². The van der Waals surface area contributed by atoms with Crippen LogP contribution in [-0.4, -0.2) is 40.7 Å². The van der Waals surface area contributed by atoms with Gasteiger partial charge in [0.2, 0.25) is 5.79 Å². The lowest BCUT2D eigenvalue weighted by Gasteiger charge is -2.29. The average Bonchev–Trinajstić information content (AvgIpc) is 3.42. The van der Waals surface area contributed by atoms with Gasteiger partial charge in [-0.25, -0.2) is 9.67 Å². The second kappa shape index (κ2) is 9.70. The van der Waals surface area contributed by atoms with Gasteiger partial charge in [-0.1, -0.05) is 54.1 Å². The topological polar surface area (TPSA) is 67.6 Å². The lowest BCUT2D eigenvalue weighted by atomic mass is 10.1. The summed E-state index contributed by atoms with van der Waals surface area (Å²) in [6.07, 6.45) is 4.38. The van der Waals surface area contributed by atoms with E-state index < -0.39 is 5.79 Å². The molecule has 0 bridgehead atoms. The molecule has 1 fully saturated rings. The first-order valence-corrected chi connectivity index (χ1v) is 10.4. The van der Waals surface area contributed by atoms with Gasteiger partial charge in [0.05, 0.1) is 11.6 Å². The summed E-state index contributed by atoms with van der Waals surface area (Å²) in [6.45, 7) is 4.90. The molecule has 0 radical (unpaired) electrons. The summed E-state index contributed by atoms with van der Waals surface area (Å²) in [5.41, 5.74) is 0.659. The van der Waals surface area contributed by atoms with Gasteiger partial charge in [-0.3, -0.25) is 0 Å². The molecule has 2 atom stereocenters. The van der Waals surface area contributed by atoms with Crippen molar-refractivity contribution in [1.29, 1.82) is 0 Å². The molecule has 7 nitrogen and oxygen atoms in total. The van der Waals surface area contributed by atoms with Crippen molar-refractivity contribution in [3.8, 4) is 11.5 Å². The smallest absolute Gasteiger partial charge is 0.217 e. The van der Waals surface area contributed by atoms with Gasteiger partial charge in [0, 0.05) is 10.6 Å². The maximum absolute atomic E-state index is 6.48. The van der Waals surface area contributed by atoms with E-state index in [1.165, 1.54) is 6.33 Å². The number of para-hydroxylation sites is 2. The lowest BCUT2D eigenvalue weighted by Crippen LogP contribution is -2.35. The molecule has 1 aromatic heterocycles. The van der Waals surface area contributed by atoms with Crippen molar-refractivity contribution in [3.05, 3.63) is 83.4 Å². The zero-order chi connectivity index (χ0) is 21.7. The minimum atomic E-state index is -1.15. The van der Waals surface area contributed by atoms with Crippen LogP contribution in [0.5, 0.6) is 11.5 Å². The zero-order valence-corrected chi connectivity index (χ0v) is 18.1. The molecule has 0 amide bonds. The van der Waals surface area contributed by atoms with Crippen molar-refractivity contribution >= 4 is 23.2 Å². The van der Waals surface area contributed by atoms with E-state index in [1.807, 2.05) is 24.3 Å². The number of benzene rings is 2. The van der Waals surface area contributed by atoms with E-state index in [1.54, 1.807) is 35.3 Å². The summed E-state index contributed by atoms with van der Waals surface area (Å²) in [5, 5.41) is 5.15. The molecule has 4 rings (SSSR count). The molecule has 0 spiro atoms. The fourth-order valence-corrected chi connectivity index (χ4v) is 3.85. The van der Waals surface area contributed by atoms with Crippen LogP contribution in [0.3, 0.4) is 0 Å². The summed E-state index contributed by atoms with van der Waals surface area (Å²) < 4.78 is 25.8. The van der Waals surface area contributed by atoms with Crippen molar-refractivity contribution in [2.45, 2.75) is 18.4 Å². The predicted octanol–water partition coefficient (Wildman–Crippen LogP) is 4.50. The third-order valence-corrected chi connectivity index (χ3v) is 5.22. The summed E-state index contributed by atoms with van der Waals surface area (Å²) in [5.74, 6) is 0.101. The number of ether oxygens (including phenoxy) is 4. The van der Waals surface area contributed by atoms with Gasteiger partial charge < -0.3 is 18.9 Å². The van der Waals surface area contributed by atoms with Crippen molar-refractivity contribution in [2.24, 2.45) is 0 Å². The van der Waals surface area contributed by atoms with Crippen LogP contribution in [0.4, 0.5) is 0 Å². The molecule has 162 valence electrons. The molecule has 31 heavy (non-hydrogen) atoms. The van der Waals surface area contributed by atoms with Crippen LogP contribution in [-0.2, 0) is 21.8 Å². The Morgan fingerprint density at radius 2 is 2.00 bits per heavy atom. The maximum atomic E-state index is 6.48. The SMILES string of the molecule is C=CCOc1ccccc1OC[C@H]1CO[C@@](Cn2cncn2)(c2ccc(Cl)cc2Cl)O1. The Morgan fingerprint density at radius 3 is 2.71 bits per heavy atom. The molecule has 2 heterocycles. The Kier molecular flexibility index (Phi) is 6.77. The van der Waals surface area contributed by atoms with Gasteiger partial charge in [0.25, 0.3) is 0 Å². The van der Waals surface area contributed by atoms with E-state index in [0.717, 1.165) is 0 Å². The van der Waals surface area contributed by atoms with E-state index in [0.29, 0.717) is 40.3 Å². The fraction of sp³-hybridized carbons (Fsp3) is 0.273. The highest BCUT2D eigenvalue weighted by Gasteiger charge is 2.45. The largest absolute Gasteiger partial charge is 0.487 e. The molecular weight excluding hydrogens is 441 g/mol. The molecule has 1 aliphatic heterocycles. The number of halogens is 2. The highest BCUT2D eigenvalue weighted by molar-refractivity contribution is 6.35. The minimum absolute atomic E-state index is 0.263. The molecule has 2 aromatic carbocycles. The average molecular weight is 462 g/mol. The van der Waals surface area contributed by atoms with E-state index in [9.17, 15) is 0 Å². The Balaban J connectivity index is 1.52. The molecule has 1 aliphatic rings. The first-order chi connectivity index (χ1) is 15.1. The molecule has 0 aliphatic carbocycles. The Hall–Kier alpha value is -2.58. The van der Waals surface area contributed by atoms with Crippen molar-refractivity contribution in [2.75, 3.05) is 19.8 Å². The highest BCUT2D eigenvalue weighted by atomic mass is 35.5. The summed E-state index contributed by atoms with van der Waals surface area (Å²) in [6, 6.07) is 12.6. The molecule has 1 saturated heterocycles. The van der Waals surface area contributed by atoms with Crippen LogP contribution in [0.15, 0.2) is 67.8 Å². The summed E-state index contributed by atoms with van der Waals surface area (Å²) >= 11 is 12.6. The van der Waals surface area contributed by atoms with E-state index in [2.05, 4.69) is 16.7 Å². The summed E-state index contributed by atoms with van der Waals surface area (Å²) in [7, 11) is 0. The maximum Gasteiger partial charge on any atom is 0.217 e. The molecule has 0 N–H and O–H groups in total. The van der Waals surface area contributed by atoms with Gasteiger partial charge in [-0.05, 0) is 24.3 Å². The number of hydrogen-bond donors (Lipinski definition) is 0. The second-order valence-corrected chi connectivity index (χ2v) is 7.72. The van der Waals surface area contributed by atoms with Crippen molar-refractivity contribution < 1.29 is 18.9 Å². The third-order valence-electron chi connectivity index (χ3n) is 4.67. The van der Waals surface area contributed by atoms with E-state index in [4.69, 9.17) is 42.1 Å². The lowest BCUT2D eigenvalue weighted by molar-refractivity contribution is -0.190. The highest BCUT2D eigenvalue weighted by Crippen LogP contribution is 2.40. The predicted molar refractivity (Wildman–Crippen MR) is 117 cm³/mol. The molecule has 3 aromatic rings. The van der Waals surface area contributed by atoms with Gasteiger partial charge in [-0.15, -0.1) is 0 Å². The minimum Gasteiger partial charge on any atom is -0.487 e.